The third-order valence-electron chi connectivity index (χ3n) is 4.07. The largest absolute Gasteiger partial charge is 0.480 e. The number of anilines is 1. The molecule has 0 atom stereocenters. The summed E-state index contributed by atoms with van der Waals surface area (Å²) in [7, 11) is 0. The van der Waals surface area contributed by atoms with Crippen molar-refractivity contribution in [3.05, 3.63) is 30.5 Å². The monoisotopic (exact) mass is 286 g/mol. The van der Waals surface area contributed by atoms with Crippen LogP contribution in [-0.4, -0.2) is 21.6 Å². The smallest absolute Gasteiger partial charge is 0.323 e. The van der Waals surface area contributed by atoms with E-state index in [1.165, 1.54) is 0 Å². The van der Waals surface area contributed by atoms with Crippen molar-refractivity contribution in [3.8, 4) is 0 Å². The lowest BCUT2D eigenvalue weighted by Crippen LogP contribution is -2.20. The van der Waals surface area contributed by atoms with Crippen LogP contribution in [0.4, 0.5) is 5.69 Å². The van der Waals surface area contributed by atoms with Crippen LogP contribution in [0, 0.1) is 5.92 Å². The summed E-state index contributed by atoms with van der Waals surface area (Å²) >= 11 is 0. The molecule has 0 saturated heterocycles. The molecule has 1 saturated carbocycles. The zero-order chi connectivity index (χ0) is 14.8. The van der Waals surface area contributed by atoms with Gasteiger partial charge in [0.25, 0.3) is 0 Å². The minimum atomic E-state index is -0.869. The summed E-state index contributed by atoms with van der Waals surface area (Å²) in [5.74, 6) is -0.639. The van der Waals surface area contributed by atoms with Gasteiger partial charge in [-0.3, -0.25) is 9.59 Å². The Balaban J connectivity index is 1.78. The summed E-state index contributed by atoms with van der Waals surface area (Å²) < 4.78 is 1.68. The quantitative estimate of drug-likeness (QED) is 0.907. The summed E-state index contributed by atoms with van der Waals surface area (Å²) in [6, 6.07) is 7.43. The van der Waals surface area contributed by atoms with Gasteiger partial charge in [0, 0.05) is 28.7 Å². The molecule has 0 spiro atoms. The van der Waals surface area contributed by atoms with Crippen molar-refractivity contribution < 1.29 is 14.7 Å². The van der Waals surface area contributed by atoms with E-state index >= 15 is 0 Å². The highest BCUT2D eigenvalue weighted by Gasteiger charge is 2.22. The molecule has 5 heteroatoms. The number of hydrogen-bond donors (Lipinski definition) is 2. The molecule has 1 fully saturated rings. The molecule has 1 aliphatic rings. The summed E-state index contributed by atoms with van der Waals surface area (Å²) in [6.45, 7) is -0.0583. The van der Waals surface area contributed by atoms with E-state index in [0.717, 1.165) is 42.3 Å². The molecule has 2 N–H and O–H groups in total. The molecule has 1 aromatic carbocycles. The molecule has 0 unspecified atom stereocenters. The number of nitrogens with zero attached hydrogens (tertiary/aromatic N) is 1. The van der Waals surface area contributed by atoms with Gasteiger partial charge in [-0.25, -0.2) is 0 Å². The molecule has 1 aromatic heterocycles. The first-order chi connectivity index (χ1) is 10.1. The van der Waals surface area contributed by atoms with Gasteiger partial charge in [0.15, 0.2) is 0 Å². The van der Waals surface area contributed by atoms with E-state index in [1.54, 1.807) is 10.8 Å². The molecule has 1 heterocycles. The topological polar surface area (TPSA) is 71.3 Å². The number of aliphatic carboxylic acids is 1. The molecule has 21 heavy (non-hydrogen) atoms. The van der Waals surface area contributed by atoms with Crippen molar-refractivity contribution in [3.63, 3.8) is 0 Å². The standard InChI is InChI=1S/C16H18N2O3/c19-15(20)10-18-8-7-12-9-13(5-6-14(12)18)17-16(21)11-3-1-2-4-11/h5-9,11H,1-4,10H2,(H,17,21)(H,19,20). The van der Waals surface area contributed by atoms with Gasteiger partial charge in [0.05, 0.1) is 0 Å². The van der Waals surface area contributed by atoms with Crippen LogP contribution in [-0.2, 0) is 16.1 Å². The molecule has 0 radical (unpaired) electrons. The summed E-state index contributed by atoms with van der Waals surface area (Å²) in [6.07, 6.45) is 5.97. The van der Waals surface area contributed by atoms with Crippen molar-refractivity contribution >= 4 is 28.5 Å². The van der Waals surface area contributed by atoms with Crippen molar-refractivity contribution in [2.45, 2.75) is 32.2 Å². The van der Waals surface area contributed by atoms with Crippen LogP contribution in [0.5, 0.6) is 0 Å². The van der Waals surface area contributed by atoms with Gasteiger partial charge in [0.1, 0.15) is 6.54 Å². The molecular formula is C16H18N2O3. The fraction of sp³-hybridized carbons (Fsp3) is 0.375. The Morgan fingerprint density at radius 2 is 2.00 bits per heavy atom. The predicted molar refractivity (Wildman–Crippen MR) is 80.2 cm³/mol. The minimum absolute atomic E-state index is 0.0583. The Bertz CT molecular complexity index is 684. The second-order valence-corrected chi connectivity index (χ2v) is 5.58. The number of hydrogen-bond acceptors (Lipinski definition) is 2. The van der Waals surface area contributed by atoms with Gasteiger partial charge in [-0.1, -0.05) is 12.8 Å². The van der Waals surface area contributed by atoms with E-state index < -0.39 is 5.97 Å². The summed E-state index contributed by atoms with van der Waals surface area (Å²) in [5, 5.41) is 12.8. The Hall–Kier alpha value is -2.30. The first-order valence-corrected chi connectivity index (χ1v) is 7.25. The average molecular weight is 286 g/mol. The maximum atomic E-state index is 12.1. The number of fused-ring (bicyclic) bond motifs is 1. The number of carbonyl (C=O) groups is 2. The number of nitrogens with one attached hydrogen (secondary N) is 1. The van der Waals surface area contributed by atoms with E-state index in [9.17, 15) is 9.59 Å². The molecule has 1 aliphatic carbocycles. The average Bonchev–Trinajstić information content (AvgIpc) is 3.08. The van der Waals surface area contributed by atoms with Crippen molar-refractivity contribution in [1.29, 1.82) is 0 Å². The molecular weight excluding hydrogens is 268 g/mol. The van der Waals surface area contributed by atoms with Gasteiger partial charge < -0.3 is 15.0 Å². The molecule has 3 rings (SSSR count). The SMILES string of the molecule is O=C(O)Cn1ccc2cc(NC(=O)C3CCCC3)ccc21. The third-order valence-corrected chi connectivity index (χ3v) is 4.07. The minimum Gasteiger partial charge on any atom is -0.480 e. The number of carboxylic acid groups (broad SMARTS) is 1. The molecule has 0 bridgehead atoms. The van der Waals surface area contributed by atoms with Gasteiger partial charge >= 0.3 is 5.97 Å². The second kappa shape index (κ2) is 5.60. The van der Waals surface area contributed by atoms with Crippen LogP contribution in [0.15, 0.2) is 30.5 Å². The highest BCUT2D eigenvalue weighted by molar-refractivity contribution is 5.95. The van der Waals surface area contributed by atoms with Crippen LogP contribution < -0.4 is 5.32 Å². The highest BCUT2D eigenvalue weighted by Crippen LogP contribution is 2.27. The van der Waals surface area contributed by atoms with Gasteiger partial charge in [-0.2, -0.15) is 0 Å². The maximum Gasteiger partial charge on any atom is 0.323 e. The number of aromatic nitrogens is 1. The van der Waals surface area contributed by atoms with Crippen molar-refractivity contribution in [2.24, 2.45) is 5.92 Å². The summed E-state index contributed by atoms with van der Waals surface area (Å²) in [5.41, 5.74) is 1.63. The molecule has 5 nitrogen and oxygen atoms in total. The normalized spacial score (nSPS) is 15.4. The number of carbonyl (C=O) groups excluding carboxylic acids is 1. The zero-order valence-electron chi connectivity index (χ0n) is 11.7. The van der Waals surface area contributed by atoms with Gasteiger partial charge in [0.2, 0.25) is 5.91 Å². The molecule has 1 amide bonds. The number of carboxylic acids is 1. The Morgan fingerprint density at radius 3 is 2.71 bits per heavy atom. The zero-order valence-corrected chi connectivity index (χ0v) is 11.7. The lowest BCUT2D eigenvalue weighted by Gasteiger charge is -2.10. The number of rotatable bonds is 4. The maximum absolute atomic E-state index is 12.1. The van der Waals surface area contributed by atoms with Crippen LogP contribution in [0.1, 0.15) is 25.7 Å². The first kappa shape index (κ1) is 13.7. The Labute approximate surface area is 122 Å². The van der Waals surface area contributed by atoms with E-state index in [0.29, 0.717) is 0 Å². The van der Waals surface area contributed by atoms with Crippen molar-refractivity contribution in [2.75, 3.05) is 5.32 Å². The highest BCUT2D eigenvalue weighted by atomic mass is 16.4. The second-order valence-electron chi connectivity index (χ2n) is 5.58. The molecule has 110 valence electrons. The summed E-state index contributed by atoms with van der Waals surface area (Å²) in [4.78, 5) is 22.9. The van der Waals surface area contributed by atoms with E-state index in [1.807, 2.05) is 24.3 Å². The van der Waals surface area contributed by atoms with Gasteiger partial charge in [-0.05, 0) is 37.1 Å². The molecule has 0 aliphatic heterocycles. The Morgan fingerprint density at radius 1 is 1.24 bits per heavy atom. The van der Waals surface area contributed by atoms with Crippen LogP contribution in [0.25, 0.3) is 10.9 Å². The van der Waals surface area contributed by atoms with Crippen LogP contribution in [0.3, 0.4) is 0 Å². The van der Waals surface area contributed by atoms with Crippen LogP contribution >= 0.6 is 0 Å². The van der Waals surface area contributed by atoms with Gasteiger partial charge in [-0.15, -0.1) is 0 Å². The van der Waals surface area contributed by atoms with E-state index in [2.05, 4.69) is 5.32 Å². The van der Waals surface area contributed by atoms with Crippen molar-refractivity contribution in [1.82, 2.24) is 4.57 Å². The molecule has 2 aromatic rings. The predicted octanol–water partition coefficient (Wildman–Crippen LogP) is 2.85. The fourth-order valence-corrected chi connectivity index (χ4v) is 2.99. The number of benzene rings is 1. The van der Waals surface area contributed by atoms with Crippen LogP contribution in [0.2, 0.25) is 0 Å². The lowest BCUT2D eigenvalue weighted by molar-refractivity contribution is -0.137. The van der Waals surface area contributed by atoms with E-state index in [-0.39, 0.29) is 18.4 Å². The van der Waals surface area contributed by atoms with E-state index in [4.69, 9.17) is 5.11 Å². The Kier molecular flexibility index (Phi) is 3.64. The fourth-order valence-electron chi connectivity index (χ4n) is 2.99. The lowest BCUT2D eigenvalue weighted by atomic mass is 10.1. The number of amides is 1. The first-order valence-electron chi connectivity index (χ1n) is 7.25. The third kappa shape index (κ3) is 2.91.